The van der Waals surface area contributed by atoms with Crippen molar-refractivity contribution in [2.75, 3.05) is 6.54 Å². The van der Waals surface area contributed by atoms with Gasteiger partial charge in [0, 0.05) is 13.0 Å². The van der Waals surface area contributed by atoms with E-state index in [0.717, 1.165) is 25.7 Å². The molecule has 2 bridgehead atoms. The minimum absolute atomic E-state index is 0.00600. The Labute approximate surface area is 232 Å². The Morgan fingerprint density at radius 2 is 1.92 bits per heavy atom. The Bertz CT molecular complexity index is 933. The van der Waals surface area contributed by atoms with Crippen molar-refractivity contribution < 1.29 is 23.9 Å². The standard InChI is InChI=1S/C26H47BN6O6/c1-7-8-11-22(34)30-18(10-9-12-29-24(28)32-33(36)37)23(35)31-21(13-16(2)3)27-38-20-15-17-14-19(25(17,4)5)26(20,6)39-27/h16-21H,7-15H2,1-6H3,(H,30,34)(H,31,35)(H3,28,29,32)/t17-,18+,19-,20-,21+,26+/m1/s1. The summed E-state index contributed by atoms with van der Waals surface area (Å²) in [5.74, 6) is 0.155. The minimum atomic E-state index is -0.786. The van der Waals surface area contributed by atoms with E-state index in [-0.39, 0.29) is 53.3 Å². The largest absolute Gasteiger partial charge is 0.481 e. The number of hydrogen-bond acceptors (Lipinski definition) is 7. The number of nitrogens with one attached hydrogen (secondary N) is 3. The van der Waals surface area contributed by atoms with Crippen LogP contribution in [0.4, 0.5) is 0 Å². The van der Waals surface area contributed by atoms with Crippen LogP contribution in [-0.4, -0.2) is 60.2 Å². The topological polar surface area (TPSA) is 170 Å². The third kappa shape index (κ3) is 7.42. The Kier molecular flexibility index (Phi) is 10.2. The van der Waals surface area contributed by atoms with Crippen molar-refractivity contribution in [2.24, 2.45) is 33.9 Å². The smallest absolute Gasteiger partial charge is 0.404 e. The third-order valence-corrected chi connectivity index (χ3v) is 8.90. The van der Waals surface area contributed by atoms with Gasteiger partial charge < -0.3 is 25.7 Å². The summed E-state index contributed by atoms with van der Waals surface area (Å²) in [4.78, 5) is 40.5. The molecule has 1 heterocycles. The molecule has 220 valence electrons. The fourth-order valence-corrected chi connectivity index (χ4v) is 6.60. The van der Waals surface area contributed by atoms with E-state index in [0.29, 0.717) is 37.5 Å². The second-order valence-electron chi connectivity index (χ2n) is 12.6. The molecule has 0 aromatic heterocycles. The molecule has 0 spiro atoms. The molecule has 13 heteroatoms. The quantitative estimate of drug-likeness (QED) is 0.0638. The van der Waals surface area contributed by atoms with E-state index in [9.17, 15) is 19.7 Å². The Morgan fingerprint density at radius 3 is 2.54 bits per heavy atom. The van der Waals surface area contributed by atoms with Gasteiger partial charge in [-0.3, -0.25) is 9.59 Å². The Hall–Kier alpha value is -2.41. The molecule has 39 heavy (non-hydrogen) atoms. The Morgan fingerprint density at radius 1 is 1.21 bits per heavy atom. The lowest BCUT2D eigenvalue weighted by atomic mass is 9.43. The highest BCUT2D eigenvalue weighted by atomic mass is 16.7. The number of carbonyl (C=O) groups excluding carboxylic acids is 2. The van der Waals surface area contributed by atoms with Gasteiger partial charge in [-0.25, -0.2) is 15.1 Å². The number of carbonyl (C=O) groups is 2. The average Bonchev–Trinajstić information content (AvgIpc) is 3.20. The van der Waals surface area contributed by atoms with E-state index in [1.165, 1.54) is 0 Å². The first-order chi connectivity index (χ1) is 18.3. The molecular weight excluding hydrogens is 503 g/mol. The first-order valence-corrected chi connectivity index (χ1v) is 14.4. The fraction of sp³-hybridized carbons (Fsp3) is 0.885. The lowest BCUT2D eigenvalue weighted by molar-refractivity contribution is -0.525. The summed E-state index contributed by atoms with van der Waals surface area (Å²) in [5, 5.41) is 15.7. The molecule has 0 radical (unpaired) electrons. The van der Waals surface area contributed by atoms with Gasteiger partial charge in [0.15, 0.2) is 5.03 Å². The summed E-state index contributed by atoms with van der Waals surface area (Å²) < 4.78 is 13.1. The van der Waals surface area contributed by atoms with Crippen LogP contribution in [-0.2, 0) is 18.9 Å². The van der Waals surface area contributed by atoms with Crippen LogP contribution in [0.1, 0.15) is 92.9 Å². The molecule has 3 saturated carbocycles. The van der Waals surface area contributed by atoms with E-state index in [1.54, 1.807) is 5.43 Å². The zero-order chi connectivity index (χ0) is 29.0. The summed E-state index contributed by atoms with van der Waals surface area (Å²) in [5.41, 5.74) is 7.11. The van der Waals surface area contributed by atoms with Crippen molar-refractivity contribution in [2.45, 2.75) is 117 Å². The molecule has 2 amide bonds. The number of unbranched alkanes of at least 4 members (excludes halogenated alkanes) is 1. The highest BCUT2D eigenvalue weighted by Crippen LogP contribution is 2.65. The maximum absolute atomic E-state index is 13.5. The second kappa shape index (κ2) is 12.8. The molecule has 1 saturated heterocycles. The van der Waals surface area contributed by atoms with Gasteiger partial charge in [-0.2, -0.15) is 0 Å². The van der Waals surface area contributed by atoms with Crippen LogP contribution in [0.25, 0.3) is 0 Å². The third-order valence-electron chi connectivity index (χ3n) is 8.90. The molecule has 0 aromatic carbocycles. The number of nitrogens with two attached hydrogens (primary N) is 1. The van der Waals surface area contributed by atoms with E-state index < -0.39 is 18.2 Å². The number of nitro groups is 1. The van der Waals surface area contributed by atoms with Crippen LogP contribution >= 0.6 is 0 Å². The van der Waals surface area contributed by atoms with Crippen LogP contribution < -0.4 is 21.8 Å². The molecule has 4 rings (SSSR count). The molecule has 0 aromatic rings. The molecule has 3 aliphatic carbocycles. The van der Waals surface area contributed by atoms with Gasteiger partial charge in [0.25, 0.3) is 5.96 Å². The van der Waals surface area contributed by atoms with Crippen LogP contribution in [0.2, 0.25) is 0 Å². The van der Waals surface area contributed by atoms with E-state index >= 15 is 0 Å². The van der Waals surface area contributed by atoms with Gasteiger partial charge in [0.05, 0.1) is 17.6 Å². The van der Waals surface area contributed by atoms with Crippen LogP contribution in [0.5, 0.6) is 0 Å². The van der Waals surface area contributed by atoms with Crippen molar-refractivity contribution >= 4 is 24.9 Å². The zero-order valence-corrected chi connectivity index (χ0v) is 24.3. The number of nitrogens with zero attached hydrogens (tertiary/aromatic N) is 2. The average molecular weight is 551 g/mol. The molecule has 0 unspecified atom stereocenters. The predicted molar refractivity (Wildman–Crippen MR) is 149 cm³/mol. The first-order valence-electron chi connectivity index (χ1n) is 14.4. The number of guanidine groups is 1. The van der Waals surface area contributed by atoms with Crippen molar-refractivity contribution in [1.29, 1.82) is 0 Å². The molecule has 4 aliphatic rings. The second-order valence-corrected chi connectivity index (χ2v) is 12.6. The van der Waals surface area contributed by atoms with Gasteiger partial charge in [0.2, 0.25) is 11.8 Å². The summed E-state index contributed by atoms with van der Waals surface area (Å²) in [6.07, 6.45) is 5.41. The summed E-state index contributed by atoms with van der Waals surface area (Å²) in [7, 11) is -0.560. The maximum atomic E-state index is 13.5. The molecule has 12 nitrogen and oxygen atoms in total. The SMILES string of the molecule is CCCCC(=O)N[C@@H](CCCN=C(N)N[N+](=O)[O-])C(=O)N[C@@H](CC(C)C)B1O[C@@H]2C[C@H]3C[C@H](C3(C)C)[C@]2(C)O1. The van der Waals surface area contributed by atoms with Crippen LogP contribution in [0, 0.1) is 33.3 Å². The van der Waals surface area contributed by atoms with Gasteiger partial charge in [0.1, 0.15) is 6.04 Å². The first kappa shape index (κ1) is 31.1. The molecular formula is C26H47BN6O6. The predicted octanol–water partition coefficient (Wildman–Crippen LogP) is 2.34. The van der Waals surface area contributed by atoms with Crippen LogP contribution in [0.15, 0.2) is 4.99 Å². The monoisotopic (exact) mass is 550 g/mol. The highest BCUT2D eigenvalue weighted by Gasteiger charge is 2.68. The van der Waals surface area contributed by atoms with E-state index in [4.69, 9.17) is 15.0 Å². The number of aliphatic imine (C=N–C) groups is 1. The lowest BCUT2D eigenvalue weighted by Gasteiger charge is -2.64. The lowest BCUT2D eigenvalue weighted by Crippen LogP contribution is -2.65. The number of amides is 2. The number of hydrazine groups is 1. The van der Waals surface area contributed by atoms with Gasteiger partial charge in [-0.05, 0) is 68.6 Å². The van der Waals surface area contributed by atoms with Gasteiger partial charge in [-0.1, -0.05) is 46.5 Å². The van der Waals surface area contributed by atoms with E-state index in [1.807, 2.05) is 6.92 Å². The minimum Gasteiger partial charge on any atom is -0.404 e. The van der Waals surface area contributed by atoms with Crippen molar-refractivity contribution in [1.82, 2.24) is 16.1 Å². The fourth-order valence-electron chi connectivity index (χ4n) is 6.60. The Balaban J connectivity index is 1.68. The van der Waals surface area contributed by atoms with Gasteiger partial charge in [-0.15, -0.1) is 0 Å². The van der Waals surface area contributed by atoms with Crippen molar-refractivity contribution in [3.8, 4) is 0 Å². The van der Waals surface area contributed by atoms with E-state index in [2.05, 4.69) is 50.2 Å². The van der Waals surface area contributed by atoms with Crippen molar-refractivity contribution in [3.63, 3.8) is 0 Å². The van der Waals surface area contributed by atoms with Crippen molar-refractivity contribution in [3.05, 3.63) is 10.1 Å². The zero-order valence-electron chi connectivity index (χ0n) is 24.3. The number of hydrogen-bond donors (Lipinski definition) is 4. The summed E-state index contributed by atoms with van der Waals surface area (Å²) >= 11 is 0. The molecule has 5 N–H and O–H groups in total. The summed E-state index contributed by atoms with van der Waals surface area (Å²) in [6.45, 7) is 13.1. The number of rotatable bonds is 14. The molecule has 6 atom stereocenters. The normalized spacial score (nSPS) is 28.7. The van der Waals surface area contributed by atoms with Gasteiger partial charge >= 0.3 is 7.12 Å². The highest BCUT2D eigenvalue weighted by molar-refractivity contribution is 6.47. The molecule has 4 fully saturated rings. The molecule has 1 aliphatic heterocycles. The maximum Gasteiger partial charge on any atom is 0.481 e. The van der Waals surface area contributed by atoms with Crippen LogP contribution in [0.3, 0.4) is 0 Å². The summed E-state index contributed by atoms with van der Waals surface area (Å²) in [6, 6.07) is -0.782.